The van der Waals surface area contributed by atoms with Crippen LogP contribution >= 0.6 is 11.3 Å². The van der Waals surface area contributed by atoms with E-state index >= 15 is 0 Å². The maximum Gasteiger partial charge on any atom is 0.410 e. The predicted molar refractivity (Wildman–Crippen MR) is 197 cm³/mol. The van der Waals surface area contributed by atoms with Crippen LogP contribution in [0.15, 0.2) is 67.0 Å². The summed E-state index contributed by atoms with van der Waals surface area (Å²) < 4.78 is 7.09. The van der Waals surface area contributed by atoms with Crippen molar-refractivity contribution in [3.63, 3.8) is 0 Å². The summed E-state index contributed by atoms with van der Waals surface area (Å²) in [5.41, 5.74) is 1.76. The second-order valence-corrected chi connectivity index (χ2v) is 13.7. The number of thiazole rings is 1. The molecule has 2 aliphatic rings. The zero-order valence-corrected chi connectivity index (χ0v) is 29.9. The number of rotatable bonds is 11. The fourth-order valence-corrected chi connectivity index (χ4v) is 7.16. The molecule has 14 nitrogen and oxygen atoms in total. The average Bonchev–Trinajstić information content (AvgIpc) is 3.98. The molecular weight excluding hydrogens is 699 g/mol. The molecule has 0 saturated carbocycles. The van der Waals surface area contributed by atoms with Crippen LogP contribution in [0.5, 0.6) is 0 Å². The van der Waals surface area contributed by atoms with Crippen LogP contribution in [0.1, 0.15) is 67.5 Å². The molecule has 3 N–H and O–H groups in total. The van der Waals surface area contributed by atoms with Gasteiger partial charge in [-0.05, 0) is 67.9 Å². The molecule has 0 unspecified atom stereocenters. The zero-order valence-electron chi connectivity index (χ0n) is 29.1. The highest BCUT2D eigenvalue weighted by Gasteiger charge is 2.38. The number of aromatic nitrogens is 2. The minimum Gasteiger partial charge on any atom is -0.449 e. The van der Waals surface area contributed by atoms with E-state index in [4.69, 9.17) is 4.74 Å². The summed E-state index contributed by atoms with van der Waals surface area (Å²) in [6.07, 6.45) is 7.22. The maximum absolute atomic E-state index is 13.6. The molecule has 0 spiro atoms. The highest BCUT2D eigenvalue weighted by molar-refractivity contribution is 7.17. The monoisotopic (exact) mass is 737 g/mol. The van der Waals surface area contributed by atoms with Crippen LogP contribution in [-0.4, -0.2) is 87.0 Å². The van der Waals surface area contributed by atoms with Crippen LogP contribution in [0.4, 0.5) is 16.3 Å². The highest BCUT2D eigenvalue weighted by Crippen LogP contribution is 2.26. The Kier molecular flexibility index (Phi) is 11.8. The van der Waals surface area contributed by atoms with Gasteiger partial charge in [-0.2, -0.15) is 0 Å². The molecule has 2 fully saturated rings. The quantitative estimate of drug-likeness (QED) is 0.0893. The van der Waals surface area contributed by atoms with Gasteiger partial charge in [0.05, 0.1) is 17.7 Å². The molecule has 15 heteroatoms. The fourth-order valence-electron chi connectivity index (χ4n) is 6.34. The number of imidazole rings is 1. The number of likely N-dealkylation sites (tertiary alicyclic amines) is 2. The number of carbonyl (C=O) groups is 6. The molecule has 0 aliphatic carbocycles. The standard InChI is InChI=1S/C38H39N7O7S/c1-2-3-21-52-38(51)45-20-8-12-30(45)35(49)40-31-23-43-22-28(53-37(43)41-31)18-15-25-13-16-27(17-14-25)39-34(48)29-11-7-19-44(29)36(50)33(42-32(47)24-46)26-9-5-4-6-10-26/h4-6,9-10,13-14,16-17,22-24,29-30,33H,2-3,7-8,11-12,19-21H2,1H3,(H,39,48)(H,40,49)(H,42,47)/t29-,30-,33+/m0/s1. The number of hydrogen-bond acceptors (Lipinski definition) is 9. The van der Waals surface area contributed by atoms with Crippen molar-refractivity contribution in [1.82, 2.24) is 24.5 Å². The summed E-state index contributed by atoms with van der Waals surface area (Å²) in [5.74, 6) is 4.58. The van der Waals surface area contributed by atoms with Gasteiger partial charge in [0.25, 0.3) is 5.91 Å². The predicted octanol–water partition coefficient (Wildman–Crippen LogP) is 4.12. The molecule has 6 rings (SSSR count). The number of fused-ring (bicyclic) bond motifs is 1. The number of aldehydes is 1. The molecule has 274 valence electrons. The van der Waals surface area contributed by atoms with Crippen molar-refractivity contribution in [2.24, 2.45) is 0 Å². The lowest BCUT2D eigenvalue weighted by Crippen LogP contribution is -2.48. The van der Waals surface area contributed by atoms with E-state index in [1.54, 1.807) is 65.2 Å². The van der Waals surface area contributed by atoms with Gasteiger partial charge < -0.3 is 25.6 Å². The first-order valence-electron chi connectivity index (χ1n) is 17.5. The molecule has 4 aromatic rings. The SMILES string of the molecule is CCCCOC(=O)N1CCC[C@H]1C(=O)Nc1cn2cc(C#Cc3ccc(NC(=O)[C@@H]4CCCN4C(=O)[C@H](NC(=O)C=O)c4ccccc4)cc3)sc2n1. The number of amides is 5. The second-order valence-electron chi connectivity index (χ2n) is 12.7. The van der Waals surface area contributed by atoms with Crippen LogP contribution in [-0.2, 0) is 28.7 Å². The van der Waals surface area contributed by atoms with Crippen molar-refractivity contribution < 1.29 is 33.5 Å². The zero-order chi connectivity index (χ0) is 37.3. The smallest absolute Gasteiger partial charge is 0.410 e. The number of ether oxygens (including phenoxy) is 1. The van der Waals surface area contributed by atoms with E-state index in [-0.39, 0.29) is 18.1 Å². The molecule has 5 amide bonds. The van der Waals surface area contributed by atoms with Gasteiger partial charge in [-0.15, -0.1) is 0 Å². The Bertz CT molecular complexity index is 2020. The molecule has 53 heavy (non-hydrogen) atoms. The largest absolute Gasteiger partial charge is 0.449 e. The molecule has 0 radical (unpaired) electrons. The van der Waals surface area contributed by atoms with Gasteiger partial charge in [0.2, 0.25) is 24.0 Å². The average molecular weight is 738 g/mol. The highest BCUT2D eigenvalue weighted by atomic mass is 32.1. The molecule has 2 aliphatic heterocycles. The Hall–Kier alpha value is -6.01. The normalized spacial score (nSPS) is 17.1. The fraction of sp³-hybridized carbons (Fsp3) is 0.342. The van der Waals surface area contributed by atoms with Crippen molar-refractivity contribution in [2.75, 3.05) is 30.3 Å². The summed E-state index contributed by atoms with van der Waals surface area (Å²) in [6, 6.07) is 13.2. The lowest BCUT2D eigenvalue weighted by atomic mass is 10.0. The van der Waals surface area contributed by atoms with E-state index < -0.39 is 36.0 Å². The van der Waals surface area contributed by atoms with E-state index in [0.717, 1.165) is 24.1 Å². The van der Waals surface area contributed by atoms with Crippen molar-refractivity contribution >= 4 is 63.8 Å². The summed E-state index contributed by atoms with van der Waals surface area (Å²) in [5, 5.41) is 8.17. The van der Waals surface area contributed by atoms with Crippen LogP contribution in [0.2, 0.25) is 0 Å². The Balaban J connectivity index is 1.04. The van der Waals surface area contributed by atoms with Gasteiger partial charge in [0, 0.05) is 30.5 Å². The minimum atomic E-state index is -1.10. The number of anilines is 2. The summed E-state index contributed by atoms with van der Waals surface area (Å²) in [7, 11) is 0. The van der Waals surface area contributed by atoms with Gasteiger partial charge in [-0.25, -0.2) is 9.78 Å². The number of nitrogens with zero attached hydrogens (tertiary/aromatic N) is 4. The van der Waals surface area contributed by atoms with Gasteiger partial charge in [-0.1, -0.05) is 60.9 Å². The number of hydrogen-bond donors (Lipinski definition) is 3. The first-order chi connectivity index (χ1) is 25.7. The Labute approximate surface area is 309 Å². The number of benzene rings is 2. The third-order valence-corrected chi connectivity index (χ3v) is 9.93. The van der Waals surface area contributed by atoms with Crippen molar-refractivity contribution in [1.29, 1.82) is 0 Å². The molecule has 2 saturated heterocycles. The van der Waals surface area contributed by atoms with Gasteiger partial charge in [-0.3, -0.25) is 33.3 Å². The molecule has 0 bridgehead atoms. The third kappa shape index (κ3) is 8.90. The van der Waals surface area contributed by atoms with E-state index in [1.807, 2.05) is 13.1 Å². The maximum atomic E-state index is 13.6. The van der Waals surface area contributed by atoms with Crippen molar-refractivity contribution in [3.8, 4) is 11.8 Å². The first-order valence-corrected chi connectivity index (χ1v) is 18.3. The lowest BCUT2D eigenvalue weighted by molar-refractivity contribution is -0.141. The Morgan fingerprint density at radius 1 is 0.925 bits per heavy atom. The minimum absolute atomic E-state index is 0.117. The first kappa shape index (κ1) is 36.8. The number of carbonyl (C=O) groups excluding carboxylic acids is 6. The Morgan fingerprint density at radius 3 is 2.32 bits per heavy atom. The summed E-state index contributed by atoms with van der Waals surface area (Å²) >= 11 is 1.36. The number of nitrogens with one attached hydrogen (secondary N) is 3. The lowest BCUT2D eigenvalue weighted by Gasteiger charge is -2.28. The molecular formula is C38H39N7O7S. The summed E-state index contributed by atoms with van der Waals surface area (Å²) in [6.45, 7) is 3.17. The third-order valence-electron chi connectivity index (χ3n) is 9.02. The van der Waals surface area contributed by atoms with E-state index in [0.29, 0.717) is 66.6 Å². The van der Waals surface area contributed by atoms with Crippen LogP contribution in [0, 0.1) is 11.8 Å². The van der Waals surface area contributed by atoms with Crippen LogP contribution in [0.25, 0.3) is 4.96 Å². The molecule has 4 heterocycles. The Morgan fingerprint density at radius 2 is 1.62 bits per heavy atom. The number of unbranched alkanes of at least 4 members (excludes halogenated alkanes) is 1. The molecule has 2 aromatic heterocycles. The van der Waals surface area contributed by atoms with Crippen molar-refractivity contribution in [2.45, 2.75) is 63.6 Å². The molecule has 2 aromatic carbocycles. The van der Waals surface area contributed by atoms with E-state index in [1.165, 1.54) is 21.1 Å². The molecule has 3 atom stereocenters. The summed E-state index contributed by atoms with van der Waals surface area (Å²) in [4.78, 5) is 84.2. The topological polar surface area (TPSA) is 172 Å². The van der Waals surface area contributed by atoms with E-state index in [2.05, 4.69) is 32.8 Å². The van der Waals surface area contributed by atoms with Crippen molar-refractivity contribution in [3.05, 3.63) is 83.0 Å². The van der Waals surface area contributed by atoms with Gasteiger partial charge in [0.1, 0.15) is 18.1 Å². The van der Waals surface area contributed by atoms with Crippen LogP contribution < -0.4 is 16.0 Å². The second kappa shape index (κ2) is 17.0. The van der Waals surface area contributed by atoms with E-state index in [9.17, 15) is 28.8 Å². The van der Waals surface area contributed by atoms with Gasteiger partial charge in [0.15, 0.2) is 10.8 Å². The van der Waals surface area contributed by atoms with Crippen LogP contribution in [0.3, 0.4) is 0 Å². The van der Waals surface area contributed by atoms with Gasteiger partial charge >= 0.3 is 6.09 Å².